The van der Waals surface area contributed by atoms with Crippen molar-refractivity contribution in [1.29, 1.82) is 0 Å². The van der Waals surface area contributed by atoms with Crippen molar-refractivity contribution in [2.45, 2.75) is 88.1 Å². The zero-order valence-corrected chi connectivity index (χ0v) is 49.3. The summed E-state index contributed by atoms with van der Waals surface area (Å²) >= 11 is 5.24. The van der Waals surface area contributed by atoms with Crippen LogP contribution >= 0.6 is 24.0 Å². The normalized spacial score (nSPS) is 14.5. The Morgan fingerprint density at radius 3 is 1.24 bits per heavy atom. The molecule has 2 saturated heterocycles. The van der Waals surface area contributed by atoms with E-state index in [9.17, 15) is 26.4 Å². The molecule has 2 aliphatic heterocycles. The largest absolute Gasteiger partial charge is 0.497 e. The third-order valence-corrected chi connectivity index (χ3v) is 18.3. The van der Waals surface area contributed by atoms with Gasteiger partial charge in [-0.1, -0.05) is 0 Å². The molecule has 1 amide bonds. The number of sulfonamides is 2. The molecule has 20 heteroatoms. The molecule has 0 bridgehead atoms. The quantitative estimate of drug-likeness (QED) is 0.0952. The minimum atomic E-state index is -3.74. The molecule has 0 saturated carbocycles. The van der Waals surface area contributed by atoms with E-state index in [4.69, 9.17) is 21.1 Å². The van der Waals surface area contributed by atoms with E-state index in [1.54, 1.807) is 71.0 Å². The number of nitrogens with zero attached hydrogens (tertiary/aromatic N) is 7. The average molecular weight is 1110 g/mol. The van der Waals surface area contributed by atoms with Crippen molar-refractivity contribution in [2.75, 3.05) is 130 Å². The summed E-state index contributed by atoms with van der Waals surface area (Å²) in [5.74, 6) is 1.09. The van der Waals surface area contributed by atoms with E-state index in [0.29, 0.717) is 39.8 Å². The number of ether oxygens (including phenoxy) is 2. The molecule has 2 fully saturated rings. The van der Waals surface area contributed by atoms with Gasteiger partial charge in [0.05, 0.1) is 24.0 Å². The van der Waals surface area contributed by atoms with Crippen molar-refractivity contribution < 1.29 is 35.9 Å². The van der Waals surface area contributed by atoms with Gasteiger partial charge < -0.3 is 39.3 Å². The number of aryl methyl sites for hydroxylation is 4. The van der Waals surface area contributed by atoms with Crippen molar-refractivity contribution in [1.82, 2.24) is 18.4 Å². The molecule has 1 N–H and O–H groups in total. The van der Waals surface area contributed by atoms with Crippen LogP contribution in [-0.2, 0) is 29.6 Å². The second-order valence-electron chi connectivity index (χ2n) is 19.3. The van der Waals surface area contributed by atoms with E-state index >= 15 is 0 Å². The fourth-order valence-corrected chi connectivity index (χ4v) is 12.5. The maximum absolute atomic E-state index is 13.2. The Labute approximate surface area is 454 Å². The smallest absolute Gasteiger partial charge is 0.243 e. The molecule has 4 aromatic carbocycles. The standard InChI is InChI=1S/C27H40N4O4S.C14H23N3.C13H18ClNO4S.ClH/c1-20-18-25(35-7)19-21(2)27(20)36(33,34)29(5)15-14-26(32)30(6)23-8-10-24(11-9-23)31-16-12-22(13-17-31)28(3)4;1-15-12-4-6-14(7-5-12)17-10-8-13(9-11-17)16(2)3;1-9-7-11(19-4)8-10(2)13(9)20(17,18)15(3)6-5-12(14)16;/h8-11,18-19,22H,12-17H2,1-7H3;4-7,13,15H,8-11H2,1-3H3;7-8H,5-6H2,1-4H3;1H. The van der Waals surface area contributed by atoms with Crippen LogP contribution in [0.2, 0.25) is 0 Å². The number of piperidine rings is 2. The fraction of sp³-hybridized carbons (Fsp3) is 0.519. The summed E-state index contributed by atoms with van der Waals surface area (Å²) in [5.41, 5.74) is 6.92. The Hall–Kier alpha value is -4.66. The van der Waals surface area contributed by atoms with Crippen LogP contribution in [0.3, 0.4) is 0 Å². The summed E-state index contributed by atoms with van der Waals surface area (Å²) < 4.78 is 64.2. The Morgan fingerprint density at radius 2 is 0.932 bits per heavy atom. The van der Waals surface area contributed by atoms with E-state index < -0.39 is 25.3 Å². The van der Waals surface area contributed by atoms with Crippen LogP contribution in [0.1, 0.15) is 60.8 Å². The van der Waals surface area contributed by atoms with Crippen molar-refractivity contribution in [3.05, 3.63) is 95.1 Å². The summed E-state index contributed by atoms with van der Waals surface area (Å²) in [6.45, 7) is 11.4. The minimum absolute atomic E-state index is 0. The van der Waals surface area contributed by atoms with Crippen LogP contribution in [0.15, 0.2) is 82.6 Å². The fourth-order valence-electron chi connectivity index (χ4n) is 9.24. The van der Waals surface area contributed by atoms with Gasteiger partial charge in [0.2, 0.25) is 31.2 Å². The molecular weight excluding hydrogens is 1020 g/mol. The first-order chi connectivity index (χ1) is 34.3. The zero-order chi connectivity index (χ0) is 54.4. The molecule has 0 radical (unpaired) electrons. The second kappa shape index (κ2) is 29.0. The first kappa shape index (κ1) is 63.6. The maximum atomic E-state index is 13.2. The number of nitrogens with one attached hydrogen (secondary N) is 1. The number of amides is 1. The third-order valence-electron chi connectivity index (χ3n) is 13.8. The molecule has 0 unspecified atom stereocenters. The van der Waals surface area contributed by atoms with Gasteiger partial charge in [-0.25, -0.2) is 25.4 Å². The zero-order valence-electron chi connectivity index (χ0n) is 46.1. The Kier molecular flexibility index (Phi) is 25.0. The van der Waals surface area contributed by atoms with Crippen molar-refractivity contribution >= 4 is 78.0 Å². The summed E-state index contributed by atoms with van der Waals surface area (Å²) in [7, 11) is 11.0. The van der Waals surface area contributed by atoms with Crippen LogP contribution in [-0.4, -0.2) is 168 Å². The number of carbonyl (C=O) groups excluding carboxylic acids is 2. The highest BCUT2D eigenvalue weighted by Crippen LogP contribution is 2.31. The monoisotopic (exact) mass is 1100 g/mol. The first-order valence-corrected chi connectivity index (χ1v) is 28.0. The summed E-state index contributed by atoms with van der Waals surface area (Å²) in [6, 6.07) is 24.9. The summed E-state index contributed by atoms with van der Waals surface area (Å²) in [5, 5.41) is 2.59. The number of halogens is 2. The van der Waals surface area contributed by atoms with Gasteiger partial charge in [-0.05, 0) is 188 Å². The number of hydrogen-bond donors (Lipinski definition) is 1. The lowest BCUT2D eigenvalue weighted by Crippen LogP contribution is -2.42. The lowest BCUT2D eigenvalue weighted by Gasteiger charge is -2.36. The lowest BCUT2D eigenvalue weighted by atomic mass is 10.0. The van der Waals surface area contributed by atoms with Crippen LogP contribution in [0.4, 0.5) is 22.7 Å². The Balaban J connectivity index is 0.000000320. The Morgan fingerprint density at radius 1 is 0.595 bits per heavy atom. The highest BCUT2D eigenvalue weighted by atomic mass is 35.5. The van der Waals surface area contributed by atoms with Crippen LogP contribution in [0.5, 0.6) is 11.5 Å². The lowest BCUT2D eigenvalue weighted by molar-refractivity contribution is -0.118. The first-order valence-electron chi connectivity index (χ1n) is 24.7. The number of anilines is 4. The highest BCUT2D eigenvalue weighted by molar-refractivity contribution is 7.89. The average Bonchev–Trinajstić information content (AvgIpc) is 3.36. The van der Waals surface area contributed by atoms with Crippen LogP contribution < -0.4 is 29.5 Å². The molecule has 74 heavy (non-hydrogen) atoms. The van der Waals surface area contributed by atoms with Gasteiger partial charge in [-0.2, -0.15) is 0 Å². The molecule has 4 aromatic rings. The third kappa shape index (κ3) is 17.2. The number of hydrogen-bond acceptors (Lipinski definition) is 13. The SMILES string of the molecule is CNc1ccc(N2CCC(N(C)C)CC2)cc1.COc1cc(C)c(S(=O)(=O)N(C)CCC(=O)Cl)c(C)c1.COc1cc(C)c(S(=O)(=O)N(C)CCC(=O)N(C)c2ccc(N3CCC(N(C)C)CC3)cc2)c(C)c1.Cl. The highest BCUT2D eigenvalue weighted by Gasteiger charge is 2.28. The van der Waals surface area contributed by atoms with E-state index in [-0.39, 0.29) is 54.0 Å². The number of rotatable bonds is 18. The van der Waals surface area contributed by atoms with Gasteiger partial charge in [0.1, 0.15) is 11.5 Å². The molecular formula is C54H82Cl2N8O8S2. The predicted octanol–water partition coefficient (Wildman–Crippen LogP) is 8.28. The van der Waals surface area contributed by atoms with Gasteiger partial charge in [0, 0.05) is 115 Å². The van der Waals surface area contributed by atoms with Gasteiger partial charge in [0.15, 0.2) is 0 Å². The van der Waals surface area contributed by atoms with Crippen LogP contribution in [0.25, 0.3) is 0 Å². The molecule has 0 aromatic heterocycles. The maximum Gasteiger partial charge on any atom is 0.243 e. The van der Waals surface area contributed by atoms with E-state index in [0.717, 1.165) is 47.7 Å². The van der Waals surface area contributed by atoms with E-state index in [1.807, 2.05) is 19.2 Å². The predicted molar refractivity (Wildman–Crippen MR) is 306 cm³/mol. The van der Waals surface area contributed by atoms with Crippen molar-refractivity contribution in [3.63, 3.8) is 0 Å². The van der Waals surface area contributed by atoms with Gasteiger partial charge >= 0.3 is 0 Å². The minimum Gasteiger partial charge on any atom is -0.497 e. The number of methoxy groups -OCH3 is 2. The van der Waals surface area contributed by atoms with E-state index in [1.165, 1.54) is 62.8 Å². The van der Waals surface area contributed by atoms with Crippen molar-refractivity contribution in [3.8, 4) is 11.5 Å². The van der Waals surface area contributed by atoms with Crippen LogP contribution in [0, 0.1) is 27.7 Å². The molecule has 16 nitrogen and oxygen atoms in total. The molecule has 2 aliphatic rings. The summed E-state index contributed by atoms with van der Waals surface area (Å²) in [6.07, 6.45) is 4.87. The molecule has 0 aliphatic carbocycles. The van der Waals surface area contributed by atoms with Gasteiger partial charge in [-0.3, -0.25) is 9.59 Å². The number of carbonyl (C=O) groups is 2. The van der Waals surface area contributed by atoms with E-state index in [2.05, 4.69) is 89.5 Å². The topological polar surface area (TPSA) is 156 Å². The van der Waals surface area contributed by atoms with Crippen molar-refractivity contribution in [2.24, 2.45) is 0 Å². The molecule has 2 heterocycles. The molecule has 0 spiro atoms. The van der Waals surface area contributed by atoms with Gasteiger partial charge in [0.25, 0.3) is 0 Å². The molecule has 6 rings (SSSR count). The summed E-state index contributed by atoms with van der Waals surface area (Å²) in [4.78, 5) is 35.2. The Bertz CT molecular complexity index is 2610. The second-order valence-corrected chi connectivity index (χ2v) is 23.7. The molecule has 412 valence electrons. The number of benzene rings is 4. The molecule has 0 atom stereocenters. The van der Waals surface area contributed by atoms with Gasteiger partial charge in [-0.15, -0.1) is 12.4 Å².